The lowest BCUT2D eigenvalue weighted by atomic mass is 10.0. The van der Waals surface area contributed by atoms with Crippen molar-refractivity contribution in [3.8, 4) is 0 Å². The third-order valence-corrected chi connectivity index (χ3v) is 4.49. The van der Waals surface area contributed by atoms with Crippen molar-refractivity contribution in [2.75, 3.05) is 18.0 Å². The average molecular weight is 300 g/mol. The predicted octanol–water partition coefficient (Wildman–Crippen LogP) is 1.49. The van der Waals surface area contributed by atoms with Gasteiger partial charge in [-0.15, -0.1) is 0 Å². The van der Waals surface area contributed by atoms with Gasteiger partial charge in [-0.3, -0.25) is 4.90 Å². The smallest absolute Gasteiger partial charge is 0.213 e. The van der Waals surface area contributed by atoms with Crippen molar-refractivity contribution in [3.05, 3.63) is 30.8 Å². The molecule has 0 radical (unpaired) electrons. The van der Waals surface area contributed by atoms with Crippen LogP contribution in [-0.2, 0) is 6.54 Å². The molecule has 0 amide bonds. The van der Waals surface area contributed by atoms with Gasteiger partial charge in [0.1, 0.15) is 12.1 Å². The van der Waals surface area contributed by atoms with Crippen molar-refractivity contribution in [1.82, 2.24) is 25.0 Å². The number of likely N-dealkylation sites (tertiary alicyclic amines) is 1. The molecular formula is C15H20N6O. The fourth-order valence-electron chi connectivity index (χ4n) is 3.28. The van der Waals surface area contributed by atoms with Crippen LogP contribution in [0.25, 0.3) is 0 Å². The fourth-order valence-corrected chi connectivity index (χ4v) is 3.28. The van der Waals surface area contributed by atoms with Gasteiger partial charge in [0.15, 0.2) is 5.82 Å². The van der Waals surface area contributed by atoms with E-state index in [4.69, 9.17) is 4.52 Å². The molecule has 2 fully saturated rings. The second kappa shape index (κ2) is 6.00. The summed E-state index contributed by atoms with van der Waals surface area (Å²) < 4.78 is 4.80. The normalized spacial score (nSPS) is 20.2. The summed E-state index contributed by atoms with van der Waals surface area (Å²) in [5, 5.41) is 3.90. The maximum absolute atomic E-state index is 4.80. The molecule has 2 aromatic heterocycles. The van der Waals surface area contributed by atoms with Crippen molar-refractivity contribution in [2.45, 2.75) is 44.3 Å². The molecule has 3 heterocycles. The van der Waals surface area contributed by atoms with Gasteiger partial charge in [-0.1, -0.05) is 5.16 Å². The summed E-state index contributed by atoms with van der Waals surface area (Å²) in [7, 11) is 0. The molecule has 116 valence electrons. The first kappa shape index (κ1) is 13.6. The van der Waals surface area contributed by atoms with Crippen molar-refractivity contribution >= 4 is 5.82 Å². The molecule has 2 aliphatic rings. The van der Waals surface area contributed by atoms with Crippen molar-refractivity contribution in [2.24, 2.45) is 0 Å². The van der Waals surface area contributed by atoms with Crippen LogP contribution in [0.15, 0.2) is 29.5 Å². The van der Waals surface area contributed by atoms with E-state index in [9.17, 15) is 0 Å². The van der Waals surface area contributed by atoms with Crippen LogP contribution < -0.4 is 4.90 Å². The van der Waals surface area contributed by atoms with Gasteiger partial charge >= 0.3 is 0 Å². The van der Waals surface area contributed by atoms with E-state index in [2.05, 4.69) is 29.9 Å². The van der Waals surface area contributed by atoms with E-state index in [-0.39, 0.29) is 0 Å². The zero-order chi connectivity index (χ0) is 14.8. The molecule has 1 saturated heterocycles. The van der Waals surface area contributed by atoms with E-state index in [0.29, 0.717) is 12.1 Å². The molecule has 0 aromatic carbocycles. The van der Waals surface area contributed by atoms with E-state index in [1.807, 2.05) is 12.3 Å². The maximum Gasteiger partial charge on any atom is 0.213 e. The molecule has 2 aromatic rings. The minimum Gasteiger partial charge on any atom is -0.350 e. The highest BCUT2D eigenvalue weighted by Crippen LogP contribution is 2.35. The quantitative estimate of drug-likeness (QED) is 0.828. The molecule has 0 atom stereocenters. The Morgan fingerprint density at radius 1 is 1.14 bits per heavy atom. The second-order valence-electron chi connectivity index (χ2n) is 6.06. The van der Waals surface area contributed by atoms with Crippen molar-refractivity contribution in [3.63, 3.8) is 0 Å². The van der Waals surface area contributed by atoms with Crippen LogP contribution in [-0.4, -0.2) is 50.2 Å². The van der Waals surface area contributed by atoms with Gasteiger partial charge in [0.05, 0.1) is 6.54 Å². The standard InChI is InChI=1S/C15H20N6O/c1-2-12(1)21(15-3-6-16-10-17-15)13-4-7-20(8-5-13)9-14-18-11-22-19-14/h3,6,10-13H,1-2,4-5,7-9H2. The summed E-state index contributed by atoms with van der Waals surface area (Å²) >= 11 is 0. The Labute approximate surface area is 129 Å². The fraction of sp³-hybridized carbons (Fsp3) is 0.600. The highest BCUT2D eigenvalue weighted by Gasteiger charge is 2.36. The van der Waals surface area contributed by atoms with E-state index < -0.39 is 0 Å². The van der Waals surface area contributed by atoms with Crippen LogP contribution in [0.3, 0.4) is 0 Å². The Morgan fingerprint density at radius 3 is 2.59 bits per heavy atom. The molecule has 0 N–H and O–H groups in total. The molecule has 22 heavy (non-hydrogen) atoms. The monoisotopic (exact) mass is 300 g/mol. The van der Waals surface area contributed by atoms with Gasteiger partial charge in [0.2, 0.25) is 6.39 Å². The minimum absolute atomic E-state index is 0.573. The molecule has 7 heteroatoms. The van der Waals surface area contributed by atoms with Crippen LogP contribution >= 0.6 is 0 Å². The molecule has 1 aliphatic carbocycles. The summed E-state index contributed by atoms with van der Waals surface area (Å²) in [6, 6.07) is 3.27. The Balaban J connectivity index is 1.39. The first-order chi connectivity index (χ1) is 10.9. The Hall–Kier alpha value is -2.02. The Bertz CT molecular complexity index is 577. The zero-order valence-corrected chi connectivity index (χ0v) is 12.5. The third-order valence-electron chi connectivity index (χ3n) is 4.49. The number of piperidine rings is 1. The van der Waals surface area contributed by atoms with Gasteiger partial charge in [-0.05, 0) is 31.7 Å². The summed E-state index contributed by atoms with van der Waals surface area (Å²) in [5.41, 5.74) is 0. The molecule has 1 aliphatic heterocycles. The number of anilines is 1. The zero-order valence-electron chi connectivity index (χ0n) is 12.5. The third kappa shape index (κ3) is 2.94. The highest BCUT2D eigenvalue weighted by molar-refractivity contribution is 5.41. The van der Waals surface area contributed by atoms with Gasteiger partial charge in [-0.2, -0.15) is 4.98 Å². The van der Waals surface area contributed by atoms with Gasteiger partial charge < -0.3 is 9.42 Å². The number of rotatable bonds is 5. The number of hydrogen-bond acceptors (Lipinski definition) is 7. The van der Waals surface area contributed by atoms with Gasteiger partial charge in [-0.25, -0.2) is 9.97 Å². The molecule has 0 spiro atoms. The molecular weight excluding hydrogens is 280 g/mol. The first-order valence-corrected chi connectivity index (χ1v) is 7.92. The largest absolute Gasteiger partial charge is 0.350 e. The molecule has 0 unspecified atom stereocenters. The van der Waals surface area contributed by atoms with Crippen molar-refractivity contribution < 1.29 is 4.52 Å². The predicted molar refractivity (Wildman–Crippen MR) is 80.1 cm³/mol. The van der Waals surface area contributed by atoms with Gasteiger partial charge in [0, 0.05) is 31.4 Å². The molecule has 4 rings (SSSR count). The van der Waals surface area contributed by atoms with Gasteiger partial charge in [0.25, 0.3) is 0 Å². The number of hydrogen-bond donors (Lipinski definition) is 0. The van der Waals surface area contributed by atoms with Crippen LogP contribution in [0, 0.1) is 0 Å². The number of aromatic nitrogens is 4. The molecule has 1 saturated carbocycles. The summed E-state index contributed by atoms with van der Waals surface area (Å²) in [6.07, 6.45) is 9.75. The summed E-state index contributed by atoms with van der Waals surface area (Å²) in [4.78, 5) is 17.5. The van der Waals surface area contributed by atoms with Crippen LogP contribution in [0.2, 0.25) is 0 Å². The molecule has 7 nitrogen and oxygen atoms in total. The topological polar surface area (TPSA) is 71.2 Å². The van der Waals surface area contributed by atoms with E-state index in [1.54, 1.807) is 6.33 Å². The summed E-state index contributed by atoms with van der Waals surface area (Å²) in [5.74, 6) is 1.85. The lowest BCUT2D eigenvalue weighted by Crippen LogP contribution is -2.46. The maximum atomic E-state index is 4.80. The van der Waals surface area contributed by atoms with E-state index >= 15 is 0 Å². The Kier molecular flexibility index (Phi) is 3.72. The molecule has 0 bridgehead atoms. The van der Waals surface area contributed by atoms with Crippen molar-refractivity contribution in [1.29, 1.82) is 0 Å². The average Bonchev–Trinajstić information content (AvgIpc) is 3.26. The van der Waals surface area contributed by atoms with Crippen LogP contribution in [0.5, 0.6) is 0 Å². The minimum atomic E-state index is 0.573. The lowest BCUT2D eigenvalue weighted by Gasteiger charge is -2.39. The lowest BCUT2D eigenvalue weighted by molar-refractivity contribution is 0.194. The highest BCUT2D eigenvalue weighted by atomic mass is 16.5. The van der Waals surface area contributed by atoms with E-state index in [0.717, 1.165) is 44.1 Å². The SMILES string of the molecule is c1cc(N(C2CC2)C2CCN(Cc3ncon3)CC2)ncn1. The van der Waals surface area contributed by atoms with E-state index in [1.165, 1.54) is 19.2 Å². The Morgan fingerprint density at radius 2 is 1.95 bits per heavy atom. The first-order valence-electron chi connectivity index (χ1n) is 7.92. The number of nitrogens with zero attached hydrogens (tertiary/aromatic N) is 6. The summed E-state index contributed by atoms with van der Waals surface area (Å²) in [6.45, 7) is 2.90. The van der Waals surface area contributed by atoms with Crippen LogP contribution in [0.4, 0.5) is 5.82 Å². The van der Waals surface area contributed by atoms with Crippen LogP contribution in [0.1, 0.15) is 31.5 Å². The second-order valence-corrected chi connectivity index (χ2v) is 6.06.